The molecule has 0 aliphatic heterocycles. The Labute approximate surface area is 147 Å². The van der Waals surface area contributed by atoms with Crippen molar-refractivity contribution < 1.29 is 17.6 Å². The molecule has 0 aliphatic rings. The van der Waals surface area contributed by atoms with Crippen LogP contribution in [0.4, 0.5) is 13.2 Å². The van der Waals surface area contributed by atoms with Gasteiger partial charge in [0.1, 0.15) is 10.8 Å². The van der Waals surface area contributed by atoms with Gasteiger partial charge >= 0.3 is 6.18 Å². The largest absolute Gasteiger partial charge is 0.443 e. The molecule has 0 unspecified atom stereocenters. The summed E-state index contributed by atoms with van der Waals surface area (Å²) in [5.41, 5.74) is -1.02. The fraction of sp³-hybridized carbons (Fsp3) is 0.533. The average Bonchev–Trinajstić information content (AvgIpc) is 3.15. The zero-order valence-corrected chi connectivity index (χ0v) is 15.2. The zero-order valence-electron chi connectivity index (χ0n) is 14.4. The van der Waals surface area contributed by atoms with Gasteiger partial charge in [-0.1, -0.05) is 20.8 Å². The van der Waals surface area contributed by atoms with E-state index in [1.54, 1.807) is 13.2 Å². The first-order valence-corrected chi connectivity index (χ1v) is 8.39. The molecule has 0 aliphatic carbocycles. The molecular weight excluding hydrogens is 355 g/mol. The van der Waals surface area contributed by atoms with Gasteiger partial charge in [-0.2, -0.15) is 13.2 Å². The predicted octanol–water partition coefficient (Wildman–Crippen LogP) is 3.31. The first kappa shape index (κ1) is 19.2. The van der Waals surface area contributed by atoms with E-state index in [0.29, 0.717) is 23.4 Å². The van der Waals surface area contributed by atoms with Crippen LogP contribution in [0.2, 0.25) is 0 Å². The maximum absolute atomic E-state index is 12.5. The highest BCUT2D eigenvalue weighted by molar-refractivity contribution is 7.09. The van der Waals surface area contributed by atoms with Crippen LogP contribution in [0.15, 0.2) is 21.0 Å². The van der Waals surface area contributed by atoms with Gasteiger partial charge in [-0.05, 0) is 0 Å². The summed E-state index contributed by atoms with van der Waals surface area (Å²) < 4.78 is 43.2. The lowest BCUT2D eigenvalue weighted by molar-refractivity contribution is -0.140. The highest BCUT2D eigenvalue weighted by Gasteiger charge is 2.33. The topological polar surface area (TPSA) is 75.3 Å². The number of aromatic nitrogens is 2. The van der Waals surface area contributed by atoms with Crippen LogP contribution in [0.25, 0.3) is 0 Å². The van der Waals surface area contributed by atoms with Gasteiger partial charge in [0, 0.05) is 17.8 Å². The summed E-state index contributed by atoms with van der Waals surface area (Å²) in [7, 11) is 1.56. The van der Waals surface area contributed by atoms with Crippen LogP contribution in [0, 0.1) is 0 Å². The fourth-order valence-electron chi connectivity index (χ4n) is 1.80. The number of halogens is 3. The first-order chi connectivity index (χ1) is 11.6. The molecule has 0 atom stereocenters. The lowest BCUT2D eigenvalue weighted by atomic mass is 9.94. The van der Waals surface area contributed by atoms with Crippen molar-refractivity contribution in [2.45, 2.75) is 45.5 Å². The molecule has 0 saturated heterocycles. The van der Waals surface area contributed by atoms with E-state index in [0.717, 1.165) is 22.5 Å². The first-order valence-electron chi connectivity index (χ1n) is 7.51. The predicted molar refractivity (Wildman–Crippen MR) is 89.4 cm³/mol. The normalized spacial score (nSPS) is 13.2. The molecule has 25 heavy (non-hydrogen) atoms. The van der Waals surface area contributed by atoms with Crippen molar-refractivity contribution in [1.29, 1.82) is 0 Å². The van der Waals surface area contributed by atoms with Crippen LogP contribution < -0.4 is 10.6 Å². The Morgan fingerprint density at radius 2 is 1.92 bits per heavy atom. The molecule has 0 saturated carbocycles. The molecule has 6 nitrogen and oxygen atoms in total. The lowest BCUT2D eigenvalue weighted by Crippen LogP contribution is -2.36. The molecule has 2 aromatic heterocycles. The van der Waals surface area contributed by atoms with Crippen molar-refractivity contribution in [2.75, 3.05) is 7.05 Å². The number of alkyl halides is 3. The summed E-state index contributed by atoms with van der Waals surface area (Å²) in [6, 6.07) is 0. The van der Waals surface area contributed by atoms with Gasteiger partial charge in [0.15, 0.2) is 11.7 Å². The smallest absolute Gasteiger partial charge is 0.434 e. The van der Waals surface area contributed by atoms with Crippen LogP contribution in [0.1, 0.15) is 43.1 Å². The van der Waals surface area contributed by atoms with Gasteiger partial charge in [-0.25, -0.2) is 9.97 Å². The number of nitrogens with zero attached hydrogens (tertiary/aromatic N) is 3. The van der Waals surface area contributed by atoms with E-state index in [9.17, 15) is 13.2 Å². The van der Waals surface area contributed by atoms with Gasteiger partial charge < -0.3 is 15.1 Å². The van der Waals surface area contributed by atoms with Crippen molar-refractivity contribution in [2.24, 2.45) is 4.99 Å². The minimum absolute atomic E-state index is 0.133. The van der Waals surface area contributed by atoms with Gasteiger partial charge in [0.2, 0.25) is 5.89 Å². The molecule has 2 rings (SSSR count). The summed E-state index contributed by atoms with van der Waals surface area (Å²) >= 11 is 0.942. The van der Waals surface area contributed by atoms with Crippen LogP contribution in [-0.2, 0) is 24.7 Å². The second kappa shape index (κ2) is 7.42. The van der Waals surface area contributed by atoms with E-state index in [1.165, 1.54) is 0 Å². The third-order valence-electron chi connectivity index (χ3n) is 3.17. The van der Waals surface area contributed by atoms with Crippen LogP contribution >= 0.6 is 11.3 Å². The third-order valence-corrected chi connectivity index (χ3v) is 4.02. The molecule has 138 valence electrons. The Balaban J connectivity index is 1.87. The third kappa shape index (κ3) is 5.45. The van der Waals surface area contributed by atoms with Crippen molar-refractivity contribution in [1.82, 2.24) is 20.6 Å². The molecule has 0 fully saturated rings. The van der Waals surface area contributed by atoms with E-state index >= 15 is 0 Å². The Hall–Kier alpha value is -2.10. The molecule has 2 aromatic rings. The molecule has 0 amide bonds. The monoisotopic (exact) mass is 375 g/mol. The highest BCUT2D eigenvalue weighted by Crippen LogP contribution is 2.29. The van der Waals surface area contributed by atoms with Crippen molar-refractivity contribution in [3.05, 3.63) is 33.9 Å². The van der Waals surface area contributed by atoms with Gasteiger partial charge in [-0.3, -0.25) is 4.99 Å². The summed E-state index contributed by atoms with van der Waals surface area (Å²) in [4.78, 5) is 11.8. The van der Waals surface area contributed by atoms with E-state index in [1.807, 2.05) is 20.8 Å². The van der Waals surface area contributed by atoms with Gasteiger partial charge in [0.25, 0.3) is 0 Å². The SMILES string of the molecule is CN=C(NCc1ncc(C(C)(C)C)o1)NCc1nc(C(F)(F)F)cs1. The van der Waals surface area contributed by atoms with Crippen molar-refractivity contribution in [3.8, 4) is 0 Å². The minimum Gasteiger partial charge on any atom is -0.443 e. The number of oxazole rings is 1. The Morgan fingerprint density at radius 1 is 1.24 bits per heavy atom. The van der Waals surface area contributed by atoms with E-state index in [-0.39, 0.29) is 12.0 Å². The van der Waals surface area contributed by atoms with Crippen molar-refractivity contribution in [3.63, 3.8) is 0 Å². The summed E-state index contributed by atoms with van der Waals surface area (Å²) in [6.07, 6.45) is -2.74. The summed E-state index contributed by atoms with van der Waals surface area (Å²) in [6.45, 7) is 6.51. The minimum atomic E-state index is -4.43. The zero-order chi connectivity index (χ0) is 18.7. The fourth-order valence-corrected chi connectivity index (χ4v) is 2.54. The van der Waals surface area contributed by atoms with Crippen LogP contribution in [-0.4, -0.2) is 23.0 Å². The number of aliphatic imine (C=N–C) groups is 1. The second-order valence-electron chi connectivity index (χ2n) is 6.27. The van der Waals surface area contributed by atoms with Gasteiger partial charge in [-0.15, -0.1) is 11.3 Å². The molecule has 2 heterocycles. The molecule has 10 heteroatoms. The maximum atomic E-state index is 12.5. The lowest BCUT2D eigenvalue weighted by Gasteiger charge is -2.13. The number of guanidine groups is 1. The molecular formula is C15H20F3N5OS. The highest BCUT2D eigenvalue weighted by atomic mass is 32.1. The van der Waals surface area contributed by atoms with E-state index in [2.05, 4.69) is 25.6 Å². The maximum Gasteiger partial charge on any atom is 0.434 e. The summed E-state index contributed by atoms with van der Waals surface area (Å²) in [5.74, 6) is 1.69. The average molecular weight is 375 g/mol. The Bertz CT molecular complexity index is 672. The van der Waals surface area contributed by atoms with Crippen LogP contribution in [0.3, 0.4) is 0 Å². The number of rotatable bonds is 4. The van der Waals surface area contributed by atoms with Crippen LogP contribution in [0.5, 0.6) is 0 Å². The molecule has 0 radical (unpaired) electrons. The molecule has 0 aromatic carbocycles. The molecule has 0 bridgehead atoms. The Morgan fingerprint density at radius 3 is 2.44 bits per heavy atom. The number of nitrogens with one attached hydrogen (secondary N) is 2. The molecule has 2 N–H and O–H groups in total. The number of thiazole rings is 1. The van der Waals surface area contributed by atoms with Crippen molar-refractivity contribution >= 4 is 17.3 Å². The second-order valence-corrected chi connectivity index (χ2v) is 7.21. The van der Waals surface area contributed by atoms with Gasteiger partial charge in [0.05, 0.1) is 19.3 Å². The standard InChI is InChI=1S/C15H20F3N5OS/c1-14(2,3)10-5-20-11(24-10)6-21-13(19-4)22-7-12-23-9(8-25-12)15(16,17)18/h5,8H,6-7H2,1-4H3,(H2,19,21,22). The summed E-state index contributed by atoms with van der Waals surface area (Å²) in [5, 5.41) is 7.22. The van der Waals surface area contributed by atoms with E-state index < -0.39 is 11.9 Å². The Kier molecular flexibility index (Phi) is 5.71. The molecule has 0 spiro atoms. The van der Waals surface area contributed by atoms with E-state index in [4.69, 9.17) is 4.42 Å². The number of hydrogen-bond acceptors (Lipinski definition) is 5. The number of hydrogen-bond donors (Lipinski definition) is 2. The quantitative estimate of drug-likeness (QED) is 0.633.